The molecule has 1 N–H and O–H groups in total. The van der Waals surface area contributed by atoms with E-state index in [1.807, 2.05) is 13.8 Å². The van der Waals surface area contributed by atoms with Gasteiger partial charge in [0.25, 0.3) is 0 Å². The molecule has 0 unspecified atom stereocenters. The molecule has 3 atom stereocenters. The summed E-state index contributed by atoms with van der Waals surface area (Å²) in [7, 11) is 0. The number of alkyl halides is 1. The van der Waals surface area contributed by atoms with Gasteiger partial charge in [0.15, 0.2) is 0 Å². The molecule has 1 aliphatic rings. The maximum absolute atomic E-state index is 10.1. The minimum absolute atomic E-state index is 0.157. The molecule has 0 radical (unpaired) electrons. The van der Waals surface area contributed by atoms with Crippen LogP contribution in [0.3, 0.4) is 0 Å². The molecule has 0 amide bonds. The lowest BCUT2D eigenvalue weighted by molar-refractivity contribution is -0.0951. The Morgan fingerprint density at radius 2 is 2.14 bits per heavy atom. The number of ether oxygens (including phenoxy) is 1. The van der Waals surface area contributed by atoms with Crippen molar-refractivity contribution in [1.29, 1.82) is 0 Å². The van der Waals surface area contributed by atoms with Gasteiger partial charge in [0.2, 0.25) is 0 Å². The van der Waals surface area contributed by atoms with Crippen molar-refractivity contribution in [2.75, 3.05) is 0 Å². The minimum Gasteiger partial charge on any atom is -0.383 e. The normalized spacial score (nSPS) is 36.1. The molecular formula is C10H16Br2O2. The Morgan fingerprint density at radius 3 is 2.50 bits per heavy atom. The highest BCUT2D eigenvalue weighted by molar-refractivity contribution is 9.11. The van der Waals surface area contributed by atoms with Gasteiger partial charge in [-0.2, -0.15) is 0 Å². The van der Waals surface area contributed by atoms with Crippen molar-refractivity contribution in [3.05, 3.63) is 11.1 Å². The number of hydrogen-bond donors (Lipinski definition) is 1. The predicted molar refractivity (Wildman–Crippen MR) is 65.0 cm³/mol. The van der Waals surface area contributed by atoms with Crippen LogP contribution in [0, 0.1) is 0 Å². The van der Waals surface area contributed by atoms with Crippen molar-refractivity contribution in [3.63, 3.8) is 0 Å². The molecule has 0 spiro atoms. The quantitative estimate of drug-likeness (QED) is 0.790. The van der Waals surface area contributed by atoms with E-state index in [1.165, 1.54) is 0 Å². The van der Waals surface area contributed by atoms with Crippen LogP contribution < -0.4 is 0 Å². The Hall–Kier alpha value is 0.620. The molecule has 0 bridgehead atoms. The molecule has 2 nitrogen and oxygen atoms in total. The third-order valence-electron chi connectivity index (χ3n) is 2.67. The van der Waals surface area contributed by atoms with Gasteiger partial charge in [-0.15, -0.1) is 0 Å². The van der Waals surface area contributed by atoms with Crippen molar-refractivity contribution >= 4 is 31.9 Å². The first-order valence-electron chi connectivity index (χ1n) is 4.62. The Balaban J connectivity index is 2.75. The molecule has 1 fully saturated rings. The lowest BCUT2D eigenvalue weighted by Crippen LogP contribution is -2.38. The van der Waals surface area contributed by atoms with Gasteiger partial charge in [0.05, 0.1) is 11.7 Å². The molecule has 0 aliphatic carbocycles. The second-order valence-electron chi connectivity index (χ2n) is 4.43. The molecule has 0 saturated carbocycles. The van der Waals surface area contributed by atoms with E-state index in [4.69, 9.17) is 4.74 Å². The number of rotatable bonds is 2. The van der Waals surface area contributed by atoms with Crippen LogP contribution in [-0.2, 0) is 4.74 Å². The first-order valence-corrected chi connectivity index (χ1v) is 6.45. The summed E-state index contributed by atoms with van der Waals surface area (Å²) in [4.78, 5) is 1.96. The maximum atomic E-state index is 10.1. The monoisotopic (exact) mass is 326 g/mol. The molecule has 1 heterocycles. The Kier molecular flexibility index (Phi) is 3.84. The summed E-state index contributed by atoms with van der Waals surface area (Å²) in [6.45, 7) is 5.82. The van der Waals surface area contributed by atoms with Gasteiger partial charge in [-0.3, -0.25) is 0 Å². The Morgan fingerprint density at radius 1 is 1.57 bits per heavy atom. The average molecular weight is 328 g/mol. The van der Waals surface area contributed by atoms with E-state index in [1.54, 1.807) is 18.0 Å². The molecule has 14 heavy (non-hydrogen) atoms. The van der Waals surface area contributed by atoms with Crippen LogP contribution in [0.15, 0.2) is 11.1 Å². The summed E-state index contributed by atoms with van der Waals surface area (Å²) in [5, 5.41) is 10.1. The fourth-order valence-electron chi connectivity index (χ4n) is 1.55. The zero-order valence-electron chi connectivity index (χ0n) is 8.63. The summed E-state index contributed by atoms with van der Waals surface area (Å²) < 4.78 is 5.81. The van der Waals surface area contributed by atoms with E-state index < -0.39 is 5.60 Å². The fourth-order valence-corrected chi connectivity index (χ4v) is 2.54. The lowest BCUT2D eigenvalue weighted by Gasteiger charge is -2.28. The third kappa shape index (κ3) is 2.60. The van der Waals surface area contributed by atoms with Crippen LogP contribution in [0.2, 0.25) is 0 Å². The maximum Gasteiger partial charge on any atom is 0.107 e. The summed E-state index contributed by atoms with van der Waals surface area (Å²) in [6, 6.07) is 0. The predicted octanol–water partition coefficient (Wildman–Crippen LogP) is 2.98. The average Bonchev–Trinajstić information content (AvgIpc) is 2.27. The first kappa shape index (κ1) is 12.7. The first-order chi connectivity index (χ1) is 6.29. The van der Waals surface area contributed by atoms with Crippen LogP contribution in [0.25, 0.3) is 0 Å². The third-order valence-corrected chi connectivity index (χ3v) is 4.41. The van der Waals surface area contributed by atoms with Crippen LogP contribution >= 0.6 is 31.9 Å². The Bertz CT molecular complexity index is 236. The van der Waals surface area contributed by atoms with Crippen LogP contribution in [0.4, 0.5) is 0 Å². The van der Waals surface area contributed by atoms with Crippen molar-refractivity contribution in [2.45, 2.75) is 49.3 Å². The highest BCUT2D eigenvalue weighted by Gasteiger charge is 2.46. The molecule has 82 valence electrons. The SMILES string of the molecule is CC1(C)O[C@@H]([C@@](C)(O)/C=C/Br)C[C@@H]1Br. The molecule has 1 rings (SSSR count). The fraction of sp³-hybridized carbons (Fsp3) is 0.800. The van der Waals surface area contributed by atoms with Crippen molar-refractivity contribution < 1.29 is 9.84 Å². The zero-order valence-corrected chi connectivity index (χ0v) is 11.8. The summed E-state index contributed by atoms with van der Waals surface area (Å²) >= 11 is 6.74. The highest BCUT2D eigenvalue weighted by Crippen LogP contribution is 2.39. The lowest BCUT2D eigenvalue weighted by atomic mass is 9.96. The second kappa shape index (κ2) is 4.24. The van der Waals surface area contributed by atoms with Crippen LogP contribution in [-0.4, -0.2) is 27.2 Å². The van der Waals surface area contributed by atoms with Crippen molar-refractivity contribution in [3.8, 4) is 0 Å². The van der Waals surface area contributed by atoms with Gasteiger partial charge < -0.3 is 9.84 Å². The van der Waals surface area contributed by atoms with E-state index in [-0.39, 0.29) is 16.5 Å². The summed E-state index contributed by atoms with van der Waals surface area (Å²) in [6.07, 6.45) is 2.37. The van der Waals surface area contributed by atoms with Gasteiger partial charge in [-0.05, 0) is 38.3 Å². The largest absolute Gasteiger partial charge is 0.383 e. The summed E-state index contributed by atoms with van der Waals surface area (Å²) in [5.74, 6) is 0. The standard InChI is InChI=1S/C10H16Br2O2/c1-9(2)7(12)6-8(14-9)10(3,13)4-5-11/h4-5,7-8,13H,6H2,1-3H3/b5-4+/t7-,8+,10-/m0/s1. The van der Waals surface area contributed by atoms with Crippen LogP contribution in [0.5, 0.6) is 0 Å². The van der Waals surface area contributed by atoms with Gasteiger partial charge in [0.1, 0.15) is 5.60 Å². The molecular weight excluding hydrogens is 312 g/mol. The number of hydrogen-bond acceptors (Lipinski definition) is 2. The van der Waals surface area contributed by atoms with E-state index in [2.05, 4.69) is 31.9 Å². The molecule has 1 aliphatic heterocycles. The Labute approximate surface area is 102 Å². The van der Waals surface area contributed by atoms with E-state index in [0.29, 0.717) is 0 Å². The van der Waals surface area contributed by atoms with E-state index in [0.717, 1.165) is 6.42 Å². The van der Waals surface area contributed by atoms with E-state index >= 15 is 0 Å². The zero-order chi connectivity index (χ0) is 11.0. The molecule has 0 aromatic carbocycles. The molecule has 1 saturated heterocycles. The number of aliphatic hydroxyl groups is 1. The van der Waals surface area contributed by atoms with Crippen molar-refractivity contribution in [1.82, 2.24) is 0 Å². The smallest absolute Gasteiger partial charge is 0.107 e. The van der Waals surface area contributed by atoms with Gasteiger partial charge in [-0.25, -0.2) is 0 Å². The van der Waals surface area contributed by atoms with Gasteiger partial charge in [-0.1, -0.05) is 31.9 Å². The van der Waals surface area contributed by atoms with Gasteiger partial charge in [0, 0.05) is 4.83 Å². The summed E-state index contributed by atoms with van der Waals surface area (Å²) in [5.41, 5.74) is -1.13. The molecule has 0 aromatic heterocycles. The number of halogens is 2. The highest BCUT2D eigenvalue weighted by atomic mass is 79.9. The van der Waals surface area contributed by atoms with Crippen LogP contribution in [0.1, 0.15) is 27.2 Å². The topological polar surface area (TPSA) is 29.5 Å². The second-order valence-corrected chi connectivity index (χ2v) is 6.07. The van der Waals surface area contributed by atoms with E-state index in [9.17, 15) is 5.11 Å². The molecule has 0 aromatic rings. The van der Waals surface area contributed by atoms with Gasteiger partial charge >= 0.3 is 0 Å². The minimum atomic E-state index is -0.913. The molecule has 4 heteroatoms. The van der Waals surface area contributed by atoms with Crippen molar-refractivity contribution in [2.24, 2.45) is 0 Å².